The number of amides is 1. The summed E-state index contributed by atoms with van der Waals surface area (Å²) in [4.78, 5) is 12.0. The summed E-state index contributed by atoms with van der Waals surface area (Å²) in [6.45, 7) is 2.47. The Bertz CT molecular complexity index is 492. The average molecular weight is 366 g/mol. The molecule has 0 radical (unpaired) electrons. The van der Waals surface area contributed by atoms with Gasteiger partial charge in [-0.1, -0.05) is 23.3 Å². The lowest BCUT2D eigenvalue weighted by Gasteiger charge is -2.14. The van der Waals surface area contributed by atoms with Crippen molar-refractivity contribution >= 4 is 45.8 Å². The molecule has 2 rings (SSSR count). The Morgan fingerprint density at radius 2 is 2.26 bits per heavy atom. The van der Waals surface area contributed by atoms with Crippen molar-refractivity contribution in [3.8, 4) is 0 Å². The molecule has 3 nitrogen and oxygen atoms in total. The van der Waals surface area contributed by atoms with Crippen LogP contribution < -0.4 is 10.6 Å². The SMILES string of the molecule is Cl.O=C(NCC1=CCNCC1)c1ccc(Cl)cc1Br. The van der Waals surface area contributed by atoms with E-state index in [4.69, 9.17) is 11.6 Å². The largest absolute Gasteiger partial charge is 0.348 e. The van der Waals surface area contributed by atoms with E-state index < -0.39 is 0 Å². The van der Waals surface area contributed by atoms with Gasteiger partial charge in [0.25, 0.3) is 5.91 Å². The van der Waals surface area contributed by atoms with Gasteiger partial charge in [0.05, 0.1) is 5.56 Å². The van der Waals surface area contributed by atoms with Crippen LogP contribution in [-0.4, -0.2) is 25.5 Å². The van der Waals surface area contributed by atoms with Gasteiger partial charge in [0, 0.05) is 22.6 Å². The third kappa shape index (κ3) is 4.80. The number of benzene rings is 1. The molecule has 0 fully saturated rings. The zero-order valence-corrected chi connectivity index (χ0v) is 13.4. The van der Waals surface area contributed by atoms with E-state index >= 15 is 0 Å². The zero-order valence-electron chi connectivity index (χ0n) is 10.2. The maximum absolute atomic E-state index is 12.0. The van der Waals surface area contributed by atoms with Crippen LogP contribution in [0.2, 0.25) is 5.02 Å². The standard InChI is InChI=1S/C13H14BrClN2O.ClH/c14-12-7-10(15)1-2-11(12)13(18)17-8-9-3-5-16-6-4-9;/h1-3,7,16H,4-6,8H2,(H,17,18);1H. The van der Waals surface area contributed by atoms with Gasteiger partial charge in [-0.25, -0.2) is 0 Å². The van der Waals surface area contributed by atoms with E-state index in [-0.39, 0.29) is 18.3 Å². The molecule has 104 valence electrons. The zero-order chi connectivity index (χ0) is 13.0. The van der Waals surface area contributed by atoms with Crippen molar-refractivity contribution in [3.63, 3.8) is 0 Å². The van der Waals surface area contributed by atoms with Gasteiger partial charge >= 0.3 is 0 Å². The van der Waals surface area contributed by atoms with Gasteiger partial charge in [-0.2, -0.15) is 0 Å². The van der Waals surface area contributed by atoms with Crippen LogP contribution in [-0.2, 0) is 0 Å². The van der Waals surface area contributed by atoms with Crippen molar-refractivity contribution < 1.29 is 4.79 Å². The van der Waals surface area contributed by atoms with Crippen molar-refractivity contribution in [1.29, 1.82) is 0 Å². The first kappa shape index (κ1) is 16.5. The summed E-state index contributed by atoms with van der Waals surface area (Å²) >= 11 is 9.19. The van der Waals surface area contributed by atoms with Crippen molar-refractivity contribution in [2.45, 2.75) is 6.42 Å². The molecular formula is C13H15BrCl2N2O. The Morgan fingerprint density at radius 3 is 2.89 bits per heavy atom. The van der Waals surface area contributed by atoms with Crippen LogP contribution in [0.1, 0.15) is 16.8 Å². The van der Waals surface area contributed by atoms with Crippen LogP contribution in [0.25, 0.3) is 0 Å². The van der Waals surface area contributed by atoms with Gasteiger partial charge in [0.15, 0.2) is 0 Å². The molecule has 0 atom stereocenters. The van der Waals surface area contributed by atoms with Crippen LogP contribution in [0, 0.1) is 0 Å². The van der Waals surface area contributed by atoms with Gasteiger partial charge in [0.2, 0.25) is 0 Å². The number of carbonyl (C=O) groups excluding carboxylic acids is 1. The third-order valence-electron chi connectivity index (χ3n) is 2.81. The highest BCUT2D eigenvalue weighted by Gasteiger charge is 2.11. The van der Waals surface area contributed by atoms with E-state index in [1.165, 1.54) is 5.57 Å². The lowest BCUT2D eigenvalue weighted by molar-refractivity contribution is 0.0956. The Balaban J connectivity index is 0.00000180. The normalized spacial score (nSPS) is 14.3. The summed E-state index contributed by atoms with van der Waals surface area (Å²) in [6.07, 6.45) is 3.11. The smallest absolute Gasteiger partial charge is 0.252 e. The van der Waals surface area contributed by atoms with Crippen molar-refractivity contribution in [1.82, 2.24) is 10.6 Å². The first-order valence-electron chi connectivity index (χ1n) is 5.78. The monoisotopic (exact) mass is 364 g/mol. The molecule has 1 aromatic carbocycles. The lowest BCUT2D eigenvalue weighted by atomic mass is 10.1. The van der Waals surface area contributed by atoms with E-state index in [9.17, 15) is 4.79 Å². The van der Waals surface area contributed by atoms with Gasteiger partial charge in [0.1, 0.15) is 0 Å². The van der Waals surface area contributed by atoms with E-state index in [0.29, 0.717) is 21.6 Å². The third-order valence-corrected chi connectivity index (χ3v) is 3.70. The Kier molecular flexibility index (Phi) is 6.86. The number of hydrogen-bond donors (Lipinski definition) is 2. The summed E-state index contributed by atoms with van der Waals surface area (Å²) < 4.78 is 0.715. The second-order valence-corrected chi connectivity index (χ2v) is 5.41. The van der Waals surface area contributed by atoms with Crippen LogP contribution >= 0.6 is 39.9 Å². The number of hydrogen-bond acceptors (Lipinski definition) is 2. The van der Waals surface area contributed by atoms with E-state index in [1.807, 2.05) is 0 Å². The molecule has 0 aromatic heterocycles. The molecule has 0 bridgehead atoms. The van der Waals surface area contributed by atoms with Crippen molar-refractivity contribution in [3.05, 3.63) is 44.9 Å². The molecule has 19 heavy (non-hydrogen) atoms. The average Bonchev–Trinajstić information content (AvgIpc) is 2.37. The van der Waals surface area contributed by atoms with Crippen LogP contribution in [0.5, 0.6) is 0 Å². The molecule has 2 N–H and O–H groups in total. The van der Waals surface area contributed by atoms with E-state index in [1.54, 1.807) is 18.2 Å². The number of rotatable bonds is 3. The lowest BCUT2D eigenvalue weighted by Crippen LogP contribution is -2.29. The van der Waals surface area contributed by atoms with Crippen LogP contribution in [0.3, 0.4) is 0 Å². The minimum Gasteiger partial charge on any atom is -0.348 e. The summed E-state index contributed by atoms with van der Waals surface area (Å²) in [6, 6.07) is 5.16. The Labute approximate surface area is 132 Å². The highest BCUT2D eigenvalue weighted by Crippen LogP contribution is 2.21. The second-order valence-electron chi connectivity index (χ2n) is 4.12. The molecule has 0 unspecified atom stereocenters. The maximum Gasteiger partial charge on any atom is 0.252 e. The van der Waals surface area contributed by atoms with Crippen molar-refractivity contribution in [2.75, 3.05) is 19.6 Å². The second kappa shape index (κ2) is 7.90. The van der Waals surface area contributed by atoms with Crippen LogP contribution in [0.4, 0.5) is 0 Å². The number of carbonyl (C=O) groups is 1. The molecule has 1 aromatic rings. The topological polar surface area (TPSA) is 41.1 Å². The molecule has 6 heteroatoms. The highest BCUT2D eigenvalue weighted by molar-refractivity contribution is 9.10. The molecular weight excluding hydrogens is 351 g/mol. The summed E-state index contributed by atoms with van der Waals surface area (Å²) in [5.74, 6) is -0.0852. The highest BCUT2D eigenvalue weighted by atomic mass is 79.9. The maximum atomic E-state index is 12.0. The molecule has 1 aliphatic heterocycles. The summed E-state index contributed by atoms with van der Waals surface area (Å²) in [5, 5.41) is 6.77. The van der Waals surface area contributed by atoms with Gasteiger partial charge in [-0.05, 0) is 47.1 Å². The summed E-state index contributed by atoms with van der Waals surface area (Å²) in [5.41, 5.74) is 1.88. The number of halogens is 3. The fourth-order valence-corrected chi connectivity index (χ4v) is 2.66. The van der Waals surface area contributed by atoms with E-state index in [2.05, 4.69) is 32.6 Å². The predicted octanol–water partition coefficient (Wildman–Crippen LogP) is 3.17. The summed E-state index contributed by atoms with van der Waals surface area (Å²) in [7, 11) is 0. The molecule has 0 aliphatic carbocycles. The molecule has 0 spiro atoms. The Morgan fingerprint density at radius 1 is 1.47 bits per heavy atom. The number of nitrogens with one attached hydrogen (secondary N) is 2. The van der Waals surface area contributed by atoms with Gasteiger partial charge in [-0.3, -0.25) is 4.79 Å². The molecule has 0 saturated carbocycles. The molecule has 1 heterocycles. The van der Waals surface area contributed by atoms with Crippen LogP contribution in [0.15, 0.2) is 34.3 Å². The minimum absolute atomic E-state index is 0. The Hall–Kier alpha value is -0.550. The van der Waals surface area contributed by atoms with Crippen molar-refractivity contribution in [2.24, 2.45) is 0 Å². The molecule has 0 saturated heterocycles. The fraction of sp³-hybridized carbons (Fsp3) is 0.308. The first-order chi connectivity index (χ1) is 8.66. The predicted molar refractivity (Wildman–Crippen MR) is 84.3 cm³/mol. The minimum atomic E-state index is -0.0852. The quantitative estimate of drug-likeness (QED) is 0.807. The fourth-order valence-electron chi connectivity index (χ4n) is 1.79. The van der Waals surface area contributed by atoms with Gasteiger partial charge in [-0.15, -0.1) is 12.4 Å². The molecule has 1 amide bonds. The van der Waals surface area contributed by atoms with E-state index in [0.717, 1.165) is 19.5 Å². The van der Waals surface area contributed by atoms with Gasteiger partial charge < -0.3 is 10.6 Å². The first-order valence-corrected chi connectivity index (χ1v) is 6.96. The molecule has 1 aliphatic rings.